The summed E-state index contributed by atoms with van der Waals surface area (Å²) in [5.41, 5.74) is 1.00. The highest BCUT2D eigenvalue weighted by atomic mass is 35.5. The van der Waals surface area contributed by atoms with E-state index in [0.29, 0.717) is 53.0 Å². The molecule has 0 radical (unpaired) electrons. The fraction of sp³-hybridized carbons (Fsp3) is 0.240. The molecule has 0 aliphatic carbocycles. The molecule has 3 aromatic rings. The topological polar surface area (TPSA) is 84.7 Å². The number of imidazole rings is 1. The normalized spacial score (nSPS) is 17.4. The Bertz CT molecular complexity index is 1220. The van der Waals surface area contributed by atoms with Crippen molar-refractivity contribution in [2.45, 2.75) is 25.9 Å². The van der Waals surface area contributed by atoms with Crippen molar-refractivity contribution in [3.8, 4) is 5.75 Å². The van der Waals surface area contributed by atoms with Crippen molar-refractivity contribution in [1.29, 1.82) is 0 Å². The molecule has 0 spiro atoms. The van der Waals surface area contributed by atoms with E-state index in [2.05, 4.69) is 4.98 Å². The zero-order valence-electron chi connectivity index (χ0n) is 18.4. The molecule has 2 aromatic carbocycles. The van der Waals surface area contributed by atoms with Crippen molar-refractivity contribution in [3.05, 3.63) is 87.9 Å². The van der Waals surface area contributed by atoms with E-state index in [1.54, 1.807) is 48.9 Å². The minimum Gasteiger partial charge on any atom is -0.507 e. The predicted octanol–water partition coefficient (Wildman–Crippen LogP) is 5.10. The van der Waals surface area contributed by atoms with Gasteiger partial charge in [-0.3, -0.25) is 9.59 Å². The van der Waals surface area contributed by atoms with E-state index in [4.69, 9.17) is 27.9 Å². The lowest BCUT2D eigenvalue weighted by Crippen LogP contribution is -2.31. The van der Waals surface area contributed by atoms with Crippen molar-refractivity contribution < 1.29 is 19.4 Å². The largest absolute Gasteiger partial charge is 0.507 e. The number of aryl methyl sites for hydroxylation is 1. The summed E-state index contributed by atoms with van der Waals surface area (Å²) in [6, 6.07) is 10.9. The summed E-state index contributed by atoms with van der Waals surface area (Å²) in [6.45, 7) is 3.22. The maximum absolute atomic E-state index is 13.1. The van der Waals surface area contributed by atoms with E-state index >= 15 is 0 Å². The molecule has 1 atom stereocenters. The first-order valence-electron chi connectivity index (χ1n) is 10.8. The standard InChI is InChI=1S/C25H23Cl2N3O4/c1-2-34-20-9-6-17(14-19(20)27)23(31)21-22(16-4-7-18(26)8-5-16)30(25(33)24(21)32)12-3-11-29-13-10-28-15-29/h4-10,13-15,22,31H,2-3,11-12H2,1H3/b23-21+/t22-/m1/s1. The third-order valence-electron chi connectivity index (χ3n) is 5.61. The molecule has 1 aromatic heterocycles. The molecule has 176 valence electrons. The Morgan fingerprint density at radius 1 is 1.12 bits per heavy atom. The van der Waals surface area contributed by atoms with Crippen LogP contribution in [0.5, 0.6) is 5.75 Å². The molecule has 1 amide bonds. The van der Waals surface area contributed by atoms with Crippen LogP contribution in [0.4, 0.5) is 0 Å². The molecule has 1 aliphatic heterocycles. The first-order chi connectivity index (χ1) is 16.4. The number of carbonyl (C=O) groups excluding carboxylic acids is 2. The number of hydrogen-bond donors (Lipinski definition) is 1. The highest BCUT2D eigenvalue weighted by Gasteiger charge is 2.45. The first-order valence-corrected chi connectivity index (χ1v) is 11.6. The Morgan fingerprint density at radius 2 is 1.88 bits per heavy atom. The van der Waals surface area contributed by atoms with Crippen LogP contribution in [0.3, 0.4) is 0 Å². The SMILES string of the molecule is CCOc1ccc(/C(O)=C2\C(=O)C(=O)N(CCCn3ccnc3)[C@@H]2c2ccc(Cl)cc2)cc1Cl. The van der Waals surface area contributed by atoms with Crippen LogP contribution >= 0.6 is 23.2 Å². The average Bonchev–Trinajstić information content (AvgIpc) is 3.43. The predicted molar refractivity (Wildman–Crippen MR) is 130 cm³/mol. The number of likely N-dealkylation sites (tertiary alicyclic amines) is 1. The fourth-order valence-electron chi connectivity index (χ4n) is 4.02. The van der Waals surface area contributed by atoms with Gasteiger partial charge in [0.1, 0.15) is 11.5 Å². The van der Waals surface area contributed by atoms with Crippen LogP contribution < -0.4 is 4.74 Å². The summed E-state index contributed by atoms with van der Waals surface area (Å²) >= 11 is 12.4. The minimum atomic E-state index is -0.759. The Balaban J connectivity index is 1.73. The van der Waals surface area contributed by atoms with E-state index in [0.717, 1.165) is 0 Å². The van der Waals surface area contributed by atoms with E-state index < -0.39 is 17.7 Å². The third-order valence-corrected chi connectivity index (χ3v) is 6.15. The molecule has 1 N–H and O–H groups in total. The summed E-state index contributed by atoms with van der Waals surface area (Å²) in [5.74, 6) is -1.23. The zero-order chi connectivity index (χ0) is 24.2. The maximum Gasteiger partial charge on any atom is 0.295 e. The smallest absolute Gasteiger partial charge is 0.295 e. The average molecular weight is 500 g/mol. The van der Waals surface area contributed by atoms with Gasteiger partial charge in [-0.05, 0) is 49.2 Å². The fourth-order valence-corrected chi connectivity index (χ4v) is 4.38. The molecule has 0 bridgehead atoms. The zero-order valence-corrected chi connectivity index (χ0v) is 20.0. The number of hydrogen-bond acceptors (Lipinski definition) is 5. The monoisotopic (exact) mass is 499 g/mol. The number of ketones is 1. The summed E-state index contributed by atoms with van der Waals surface area (Å²) in [7, 11) is 0. The van der Waals surface area contributed by atoms with Crippen molar-refractivity contribution in [2.24, 2.45) is 0 Å². The number of benzene rings is 2. The number of aliphatic hydroxyl groups excluding tert-OH is 1. The summed E-state index contributed by atoms with van der Waals surface area (Å²) in [6.07, 6.45) is 5.81. The molecular formula is C25H23Cl2N3O4. The number of aromatic nitrogens is 2. The number of Topliss-reactive ketones (excluding diaryl/α,β-unsaturated/α-hetero) is 1. The maximum atomic E-state index is 13.1. The molecule has 4 rings (SSSR count). The molecule has 1 aliphatic rings. The van der Waals surface area contributed by atoms with Gasteiger partial charge in [-0.25, -0.2) is 4.98 Å². The Kier molecular flexibility index (Phi) is 7.24. The van der Waals surface area contributed by atoms with Gasteiger partial charge in [0.15, 0.2) is 0 Å². The second-order valence-electron chi connectivity index (χ2n) is 7.78. The van der Waals surface area contributed by atoms with Gasteiger partial charge >= 0.3 is 0 Å². The van der Waals surface area contributed by atoms with Crippen LogP contribution in [-0.2, 0) is 16.1 Å². The molecule has 2 heterocycles. The number of aliphatic hydroxyl groups is 1. The number of carbonyl (C=O) groups is 2. The van der Waals surface area contributed by atoms with Gasteiger partial charge in [0, 0.05) is 36.1 Å². The van der Waals surface area contributed by atoms with Crippen molar-refractivity contribution in [2.75, 3.05) is 13.2 Å². The van der Waals surface area contributed by atoms with E-state index in [9.17, 15) is 14.7 Å². The number of amides is 1. The lowest BCUT2D eigenvalue weighted by molar-refractivity contribution is -0.139. The van der Waals surface area contributed by atoms with Crippen molar-refractivity contribution in [3.63, 3.8) is 0 Å². The van der Waals surface area contributed by atoms with Crippen LogP contribution in [0.25, 0.3) is 5.76 Å². The van der Waals surface area contributed by atoms with Gasteiger partial charge in [-0.2, -0.15) is 0 Å². The highest BCUT2D eigenvalue weighted by molar-refractivity contribution is 6.46. The second kappa shape index (κ2) is 10.3. The van der Waals surface area contributed by atoms with Crippen LogP contribution in [0.2, 0.25) is 10.0 Å². The van der Waals surface area contributed by atoms with E-state index in [1.165, 1.54) is 11.0 Å². The molecule has 9 heteroatoms. The van der Waals surface area contributed by atoms with Crippen LogP contribution in [0, 0.1) is 0 Å². The molecular weight excluding hydrogens is 477 g/mol. The number of halogens is 2. The van der Waals surface area contributed by atoms with Gasteiger partial charge in [0.05, 0.1) is 29.6 Å². The Labute approximate surface area is 207 Å². The molecule has 34 heavy (non-hydrogen) atoms. The summed E-state index contributed by atoms with van der Waals surface area (Å²) in [4.78, 5) is 31.7. The quantitative estimate of drug-likeness (QED) is 0.264. The van der Waals surface area contributed by atoms with Crippen LogP contribution in [0.15, 0.2) is 66.8 Å². The van der Waals surface area contributed by atoms with Crippen molar-refractivity contribution >= 4 is 40.7 Å². The highest BCUT2D eigenvalue weighted by Crippen LogP contribution is 2.40. The Hall–Kier alpha value is -3.29. The molecule has 0 unspecified atom stereocenters. The van der Waals surface area contributed by atoms with Gasteiger partial charge < -0.3 is 19.3 Å². The number of rotatable bonds is 8. The molecule has 0 saturated carbocycles. The minimum absolute atomic E-state index is 0.00943. The first kappa shape index (κ1) is 23.9. The van der Waals surface area contributed by atoms with E-state index in [1.807, 2.05) is 17.7 Å². The Morgan fingerprint density at radius 3 is 2.53 bits per heavy atom. The summed E-state index contributed by atoms with van der Waals surface area (Å²) < 4.78 is 7.35. The lowest BCUT2D eigenvalue weighted by atomic mass is 9.95. The van der Waals surface area contributed by atoms with E-state index in [-0.39, 0.29) is 11.3 Å². The second-order valence-corrected chi connectivity index (χ2v) is 8.62. The van der Waals surface area contributed by atoms with Gasteiger partial charge in [-0.1, -0.05) is 35.3 Å². The van der Waals surface area contributed by atoms with Crippen LogP contribution in [-0.4, -0.2) is 44.4 Å². The number of nitrogens with zero attached hydrogens (tertiary/aromatic N) is 3. The number of ether oxygens (including phenoxy) is 1. The van der Waals surface area contributed by atoms with Crippen LogP contribution in [0.1, 0.15) is 30.5 Å². The third kappa shape index (κ3) is 4.81. The summed E-state index contributed by atoms with van der Waals surface area (Å²) in [5, 5.41) is 12.0. The van der Waals surface area contributed by atoms with Gasteiger partial charge in [-0.15, -0.1) is 0 Å². The lowest BCUT2D eigenvalue weighted by Gasteiger charge is -2.25. The molecule has 7 nitrogen and oxygen atoms in total. The van der Waals surface area contributed by atoms with Gasteiger partial charge in [0.25, 0.3) is 11.7 Å². The van der Waals surface area contributed by atoms with Gasteiger partial charge in [0.2, 0.25) is 0 Å². The molecule has 1 saturated heterocycles. The molecule has 1 fully saturated rings. The van der Waals surface area contributed by atoms with Crippen molar-refractivity contribution in [1.82, 2.24) is 14.5 Å².